The summed E-state index contributed by atoms with van der Waals surface area (Å²) in [6, 6.07) is 14.1. The maximum absolute atomic E-state index is 13.0. The smallest absolute Gasteiger partial charge is 0.272 e. The van der Waals surface area contributed by atoms with Gasteiger partial charge in [-0.25, -0.2) is 5.10 Å². The third kappa shape index (κ3) is 3.45. The van der Waals surface area contributed by atoms with Gasteiger partial charge < -0.3 is 15.6 Å². The SMILES string of the molecule is CC1(C(=O)Nc2cccc3cc(C(=O)Nc4ccc(C#N)cc4-c4nnn[nH]4)[nH]c23)CC1. The number of anilines is 2. The van der Waals surface area contributed by atoms with E-state index in [1.807, 2.05) is 19.1 Å². The lowest BCUT2D eigenvalue weighted by atomic mass is 10.1. The fourth-order valence-electron chi connectivity index (χ4n) is 3.45. The maximum atomic E-state index is 13.0. The topological polar surface area (TPSA) is 152 Å². The van der Waals surface area contributed by atoms with Crippen LogP contribution in [0.2, 0.25) is 0 Å². The summed E-state index contributed by atoms with van der Waals surface area (Å²) in [5.74, 6) is -0.0767. The Labute approximate surface area is 182 Å². The number of hydrogen-bond acceptors (Lipinski definition) is 6. The van der Waals surface area contributed by atoms with Crippen LogP contribution in [0.3, 0.4) is 0 Å². The second-order valence-corrected chi connectivity index (χ2v) is 8.04. The molecule has 2 aromatic heterocycles. The molecule has 158 valence electrons. The maximum Gasteiger partial charge on any atom is 0.272 e. The van der Waals surface area contributed by atoms with Crippen molar-refractivity contribution < 1.29 is 9.59 Å². The first-order chi connectivity index (χ1) is 15.5. The van der Waals surface area contributed by atoms with Crippen molar-refractivity contribution in [1.82, 2.24) is 25.6 Å². The van der Waals surface area contributed by atoms with Gasteiger partial charge in [0.2, 0.25) is 5.91 Å². The number of carbonyl (C=O) groups is 2. The van der Waals surface area contributed by atoms with Crippen LogP contribution in [0.25, 0.3) is 22.3 Å². The number of para-hydroxylation sites is 1. The van der Waals surface area contributed by atoms with Crippen molar-refractivity contribution >= 4 is 34.1 Å². The highest BCUT2D eigenvalue weighted by molar-refractivity contribution is 6.10. The molecule has 0 aliphatic heterocycles. The van der Waals surface area contributed by atoms with Gasteiger partial charge in [-0.2, -0.15) is 5.26 Å². The number of fused-ring (bicyclic) bond motifs is 1. The number of carbonyl (C=O) groups excluding carboxylic acids is 2. The van der Waals surface area contributed by atoms with Gasteiger partial charge in [-0.15, -0.1) is 5.10 Å². The Morgan fingerprint density at radius 1 is 1.12 bits per heavy atom. The first kappa shape index (κ1) is 19.4. The predicted octanol–water partition coefficient (Wildman–Crippen LogP) is 3.21. The number of aromatic nitrogens is 5. The third-order valence-electron chi connectivity index (χ3n) is 5.69. The zero-order valence-electron chi connectivity index (χ0n) is 17.1. The molecule has 0 unspecified atom stereocenters. The van der Waals surface area contributed by atoms with Crippen molar-refractivity contribution in [2.24, 2.45) is 5.41 Å². The molecule has 1 fully saturated rings. The Morgan fingerprint density at radius 2 is 1.97 bits per heavy atom. The van der Waals surface area contributed by atoms with E-state index < -0.39 is 0 Å². The van der Waals surface area contributed by atoms with Crippen molar-refractivity contribution in [3.8, 4) is 17.5 Å². The van der Waals surface area contributed by atoms with E-state index in [0.29, 0.717) is 39.5 Å². The predicted molar refractivity (Wildman–Crippen MR) is 117 cm³/mol. The minimum Gasteiger partial charge on any atom is -0.349 e. The molecule has 0 saturated heterocycles. The van der Waals surface area contributed by atoms with Crippen LogP contribution in [0, 0.1) is 16.7 Å². The molecule has 32 heavy (non-hydrogen) atoms. The minimum absolute atomic E-state index is 0.0199. The van der Waals surface area contributed by atoms with Crippen molar-refractivity contribution in [3.05, 3.63) is 53.7 Å². The van der Waals surface area contributed by atoms with Gasteiger partial charge in [-0.3, -0.25) is 9.59 Å². The molecule has 2 heterocycles. The number of nitriles is 1. The third-order valence-corrected chi connectivity index (χ3v) is 5.69. The molecule has 0 bridgehead atoms. The number of tetrazole rings is 1. The second-order valence-electron chi connectivity index (χ2n) is 8.04. The number of nitrogens with one attached hydrogen (secondary N) is 4. The summed E-state index contributed by atoms with van der Waals surface area (Å²) in [5, 5.41) is 29.4. The van der Waals surface area contributed by atoms with E-state index in [1.165, 1.54) is 0 Å². The van der Waals surface area contributed by atoms with E-state index in [9.17, 15) is 14.9 Å². The number of hydrogen-bond donors (Lipinski definition) is 4. The first-order valence-corrected chi connectivity index (χ1v) is 10.00. The van der Waals surface area contributed by atoms with Crippen LogP contribution in [-0.2, 0) is 4.79 Å². The molecular weight excluding hydrogens is 408 g/mol. The lowest BCUT2D eigenvalue weighted by Crippen LogP contribution is -2.21. The molecule has 0 atom stereocenters. The molecule has 4 aromatic rings. The van der Waals surface area contributed by atoms with Gasteiger partial charge in [0, 0.05) is 16.4 Å². The summed E-state index contributed by atoms with van der Waals surface area (Å²) in [6.07, 6.45) is 1.75. The Kier molecular flexibility index (Phi) is 4.44. The molecular formula is C22H18N8O2. The monoisotopic (exact) mass is 426 g/mol. The van der Waals surface area contributed by atoms with E-state index in [0.717, 1.165) is 18.2 Å². The molecule has 2 amide bonds. The molecule has 5 rings (SSSR count). The van der Waals surface area contributed by atoms with Gasteiger partial charge >= 0.3 is 0 Å². The zero-order valence-corrected chi connectivity index (χ0v) is 17.1. The highest BCUT2D eigenvalue weighted by atomic mass is 16.2. The van der Waals surface area contributed by atoms with Gasteiger partial charge in [-0.05, 0) is 53.6 Å². The van der Waals surface area contributed by atoms with Crippen LogP contribution in [0.5, 0.6) is 0 Å². The van der Waals surface area contributed by atoms with Crippen LogP contribution >= 0.6 is 0 Å². The Morgan fingerprint density at radius 3 is 2.69 bits per heavy atom. The number of nitrogens with zero attached hydrogens (tertiary/aromatic N) is 4. The van der Waals surface area contributed by atoms with Gasteiger partial charge in [0.15, 0.2) is 5.82 Å². The standard InChI is InChI=1S/C22H18N8O2/c1-22(7-8-22)21(32)26-16-4-2-3-13-10-17(24-18(13)16)20(31)25-15-6-5-12(11-23)9-14(15)19-27-29-30-28-19/h2-6,9-10,24H,7-8H2,1H3,(H,25,31)(H,26,32)(H,27,28,29,30). The first-order valence-electron chi connectivity index (χ1n) is 10.00. The summed E-state index contributed by atoms with van der Waals surface area (Å²) >= 11 is 0. The van der Waals surface area contributed by atoms with E-state index in [-0.39, 0.29) is 17.2 Å². The van der Waals surface area contributed by atoms with Gasteiger partial charge in [-0.1, -0.05) is 19.1 Å². The fraction of sp³-hybridized carbons (Fsp3) is 0.182. The van der Waals surface area contributed by atoms with Crippen molar-refractivity contribution in [3.63, 3.8) is 0 Å². The summed E-state index contributed by atoms with van der Waals surface area (Å²) in [5.41, 5.74) is 2.66. The Bertz CT molecular complexity index is 1390. The summed E-state index contributed by atoms with van der Waals surface area (Å²) < 4.78 is 0. The number of amides is 2. The van der Waals surface area contributed by atoms with Crippen LogP contribution in [0.4, 0.5) is 11.4 Å². The normalized spacial score (nSPS) is 14.0. The van der Waals surface area contributed by atoms with Gasteiger partial charge in [0.1, 0.15) is 5.69 Å². The molecule has 10 heteroatoms. The summed E-state index contributed by atoms with van der Waals surface area (Å²) in [6.45, 7) is 1.94. The largest absolute Gasteiger partial charge is 0.349 e. The highest BCUT2D eigenvalue weighted by Gasteiger charge is 2.45. The Balaban J connectivity index is 1.44. The van der Waals surface area contributed by atoms with E-state index in [1.54, 1.807) is 30.3 Å². The van der Waals surface area contributed by atoms with Gasteiger partial charge in [0.25, 0.3) is 5.91 Å². The van der Waals surface area contributed by atoms with Crippen LogP contribution in [-0.4, -0.2) is 37.4 Å². The van der Waals surface area contributed by atoms with E-state index in [2.05, 4.69) is 42.3 Å². The average molecular weight is 426 g/mol. The van der Waals surface area contributed by atoms with Crippen LogP contribution in [0.15, 0.2) is 42.5 Å². The molecule has 1 aliphatic carbocycles. The molecule has 0 spiro atoms. The van der Waals surface area contributed by atoms with Crippen molar-refractivity contribution in [2.75, 3.05) is 10.6 Å². The second kappa shape index (κ2) is 7.31. The zero-order chi connectivity index (χ0) is 22.3. The lowest BCUT2D eigenvalue weighted by molar-refractivity contribution is -0.120. The number of benzene rings is 2. The minimum atomic E-state index is -0.383. The fourth-order valence-corrected chi connectivity index (χ4v) is 3.45. The van der Waals surface area contributed by atoms with Crippen LogP contribution < -0.4 is 10.6 Å². The highest BCUT2D eigenvalue weighted by Crippen LogP contribution is 2.46. The summed E-state index contributed by atoms with van der Waals surface area (Å²) in [4.78, 5) is 28.6. The Hall–Kier alpha value is -4.52. The molecule has 1 saturated carbocycles. The van der Waals surface area contributed by atoms with Gasteiger partial charge in [0.05, 0.1) is 28.5 Å². The molecule has 10 nitrogen and oxygen atoms in total. The molecule has 1 aliphatic rings. The quantitative estimate of drug-likeness (QED) is 0.384. The average Bonchev–Trinajstić information content (AvgIpc) is 3.21. The molecule has 2 aromatic carbocycles. The number of H-pyrrole nitrogens is 2. The van der Waals surface area contributed by atoms with E-state index in [4.69, 9.17) is 0 Å². The van der Waals surface area contributed by atoms with Crippen LogP contribution in [0.1, 0.15) is 35.8 Å². The lowest BCUT2D eigenvalue weighted by Gasteiger charge is -2.11. The number of aromatic amines is 2. The molecule has 4 N–H and O–H groups in total. The summed E-state index contributed by atoms with van der Waals surface area (Å²) in [7, 11) is 0. The number of rotatable bonds is 5. The van der Waals surface area contributed by atoms with Crippen molar-refractivity contribution in [2.45, 2.75) is 19.8 Å². The molecule has 0 radical (unpaired) electrons. The van der Waals surface area contributed by atoms with Crippen molar-refractivity contribution in [1.29, 1.82) is 5.26 Å². The van der Waals surface area contributed by atoms with E-state index >= 15 is 0 Å².